The fourth-order valence-electron chi connectivity index (χ4n) is 2.40. The highest BCUT2D eigenvalue weighted by Gasteiger charge is 2.32. The summed E-state index contributed by atoms with van der Waals surface area (Å²) in [5.41, 5.74) is -0.813. The molecule has 1 aliphatic heterocycles. The lowest BCUT2D eigenvalue weighted by molar-refractivity contribution is -0.137. The molecular formula is C13H17ClF3N3. The zero-order valence-electron chi connectivity index (χ0n) is 11.2. The van der Waals surface area contributed by atoms with Crippen molar-refractivity contribution in [2.45, 2.75) is 32.0 Å². The molecule has 7 heteroatoms. The average Bonchev–Trinajstić information content (AvgIpc) is 2.89. The van der Waals surface area contributed by atoms with Gasteiger partial charge in [-0.3, -0.25) is 0 Å². The number of alkyl halides is 3. The molecule has 0 aromatic carbocycles. The highest BCUT2D eigenvalue weighted by atomic mass is 35.5. The number of rotatable bonds is 4. The summed E-state index contributed by atoms with van der Waals surface area (Å²) in [7, 11) is 0. The van der Waals surface area contributed by atoms with Crippen LogP contribution in [0.25, 0.3) is 0 Å². The minimum atomic E-state index is -4.42. The first kappa shape index (κ1) is 15.4. The lowest BCUT2D eigenvalue weighted by Gasteiger charge is -2.30. The van der Waals surface area contributed by atoms with E-state index < -0.39 is 11.7 Å². The van der Waals surface area contributed by atoms with Gasteiger partial charge in [-0.1, -0.05) is 18.5 Å². The molecule has 2 heterocycles. The van der Waals surface area contributed by atoms with E-state index in [1.165, 1.54) is 0 Å². The predicted molar refractivity (Wildman–Crippen MR) is 73.2 cm³/mol. The van der Waals surface area contributed by atoms with Crippen LogP contribution in [0, 0.1) is 0 Å². The predicted octanol–water partition coefficient (Wildman–Crippen LogP) is 3.33. The van der Waals surface area contributed by atoms with E-state index in [2.05, 4.69) is 10.3 Å². The Bertz CT molecular complexity index is 459. The van der Waals surface area contributed by atoms with Gasteiger partial charge in [-0.05, 0) is 25.5 Å². The molecule has 1 atom stereocenters. The van der Waals surface area contributed by atoms with Gasteiger partial charge in [-0.25, -0.2) is 4.98 Å². The van der Waals surface area contributed by atoms with Crippen LogP contribution in [0.15, 0.2) is 12.3 Å². The molecule has 0 aliphatic carbocycles. The molecule has 1 aliphatic rings. The van der Waals surface area contributed by atoms with Gasteiger partial charge in [0.05, 0.1) is 10.6 Å². The van der Waals surface area contributed by atoms with Gasteiger partial charge in [0.2, 0.25) is 0 Å². The maximum absolute atomic E-state index is 12.6. The van der Waals surface area contributed by atoms with Gasteiger partial charge in [0, 0.05) is 25.3 Å². The van der Waals surface area contributed by atoms with Crippen LogP contribution in [-0.4, -0.2) is 30.7 Å². The van der Waals surface area contributed by atoms with Crippen molar-refractivity contribution >= 4 is 17.4 Å². The van der Waals surface area contributed by atoms with E-state index >= 15 is 0 Å². The molecule has 0 radical (unpaired) electrons. The van der Waals surface area contributed by atoms with E-state index in [0.717, 1.165) is 44.7 Å². The third kappa shape index (κ3) is 3.35. The Morgan fingerprint density at radius 2 is 2.25 bits per heavy atom. The van der Waals surface area contributed by atoms with Crippen LogP contribution in [0.5, 0.6) is 0 Å². The van der Waals surface area contributed by atoms with E-state index in [9.17, 15) is 13.2 Å². The molecule has 1 saturated heterocycles. The first-order valence-corrected chi connectivity index (χ1v) is 7.01. The van der Waals surface area contributed by atoms with E-state index in [1.54, 1.807) is 0 Å². The van der Waals surface area contributed by atoms with Gasteiger partial charge in [0.15, 0.2) is 0 Å². The molecule has 3 nitrogen and oxygen atoms in total. The Labute approximate surface area is 121 Å². The summed E-state index contributed by atoms with van der Waals surface area (Å²) in [4.78, 5) is 5.96. The minimum absolute atomic E-state index is 0.0557. The van der Waals surface area contributed by atoms with Crippen molar-refractivity contribution in [2.75, 3.05) is 24.5 Å². The summed E-state index contributed by atoms with van der Waals surface area (Å²) in [6.07, 6.45) is -1.74. The van der Waals surface area contributed by atoms with Crippen molar-refractivity contribution in [2.24, 2.45) is 0 Å². The first-order valence-electron chi connectivity index (χ1n) is 6.63. The summed E-state index contributed by atoms with van der Waals surface area (Å²) >= 11 is 6.02. The minimum Gasteiger partial charge on any atom is -0.351 e. The Kier molecular flexibility index (Phi) is 4.75. The molecule has 20 heavy (non-hydrogen) atoms. The number of hydrogen-bond acceptors (Lipinski definition) is 3. The molecule has 2 rings (SSSR count). The van der Waals surface area contributed by atoms with E-state index in [4.69, 9.17) is 11.6 Å². The van der Waals surface area contributed by atoms with Crippen molar-refractivity contribution in [3.63, 3.8) is 0 Å². The molecule has 1 aromatic rings. The Hall–Kier alpha value is -1.01. The third-order valence-corrected chi connectivity index (χ3v) is 3.64. The molecule has 0 bridgehead atoms. The molecule has 1 N–H and O–H groups in total. The topological polar surface area (TPSA) is 28.2 Å². The SMILES string of the molecule is CCCN(c1ncc(C(F)(F)F)cc1Cl)C1CCNC1. The smallest absolute Gasteiger partial charge is 0.351 e. The average molecular weight is 308 g/mol. The summed E-state index contributed by atoms with van der Waals surface area (Å²) in [5.74, 6) is 0.440. The number of anilines is 1. The second-order valence-corrected chi connectivity index (χ2v) is 5.27. The number of aromatic nitrogens is 1. The highest BCUT2D eigenvalue weighted by molar-refractivity contribution is 6.33. The van der Waals surface area contributed by atoms with E-state index in [0.29, 0.717) is 5.82 Å². The fraction of sp³-hybridized carbons (Fsp3) is 0.615. The summed E-state index contributed by atoms with van der Waals surface area (Å²) in [6, 6.07) is 1.19. The van der Waals surface area contributed by atoms with Crippen molar-refractivity contribution in [1.29, 1.82) is 0 Å². The van der Waals surface area contributed by atoms with Crippen molar-refractivity contribution in [1.82, 2.24) is 10.3 Å². The van der Waals surface area contributed by atoms with Crippen LogP contribution < -0.4 is 10.2 Å². The molecule has 0 saturated carbocycles. The number of nitrogens with one attached hydrogen (secondary N) is 1. The molecule has 1 fully saturated rings. The second-order valence-electron chi connectivity index (χ2n) is 4.87. The normalized spacial score (nSPS) is 19.4. The fourth-order valence-corrected chi connectivity index (χ4v) is 2.68. The third-order valence-electron chi connectivity index (χ3n) is 3.36. The van der Waals surface area contributed by atoms with Gasteiger partial charge < -0.3 is 10.2 Å². The number of halogens is 4. The number of hydrogen-bond donors (Lipinski definition) is 1. The summed E-state index contributed by atoms with van der Waals surface area (Å²) < 4.78 is 37.9. The van der Waals surface area contributed by atoms with Crippen LogP contribution in [0.2, 0.25) is 5.02 Å². The molecule has 1 aromatic heterocycles. The second kappa shape index (κ2) is 6.18. The lowest BCUT2D eigenvalue weighted by Crippen LogP contribution is -2.38. The van der Waals surface area contributed by atoms with Crippen LogP contribution in [-0.2, 0) is 6.18 Å². The maximum atomic E-state index is 12.6. The molecular weight excluding hydrogens is 291 g/mol. The molecule has 0 spiro atoms. The molecule has 1 unspecified atom stereocenters. The summed E-state index contributed by atoms with van der Waals surface area (Å²) in [5, 5.41) is 3.30. The molecule has 0 amide bonds. The quantitative estimate of drug-likeness (QED) is 0.925. The van der Waals surface area contributed by atoms with Crippen molar-refractivity contribution < 1.29 is 13.2 Å². The van der Waals surface area contributed by atoms with Gasteiger partial charge >= 0.3 is 6.18 Å². The Morgan fingerprint density at radius 1 is 1.50 bits per heavy atom. The Balaban J connectivity index is 2.29. The first-order chi connectivity index (χ1) is 9.43. The lowest BCUT2D eigenvalue weighted by atomic mass is 10.2. The molecule has 112 valence electrons. The highest BCUT2D eigenvalue weighted by Crippen LogP contribution is 2.34. The van der Waals surface area contributed by atoms with Gasteiger partial charge in [-0.2, -0.15) is 13.2 Å². The van der Waals surface area contributed by atoms with Crippen molar-refractivity contribution in [3.8, 4) is 0 Å². The van der Waals surface area contributed by atoms with Crippen LogP contribution in [0.4, 0.5) is 19.0 Å². The van der Waals surface area contributed by atoms with Gasteiger partial charge in [0.1, 0.15) is 5.82 Å². The maximum Gasteiger partial charge on any atom is 0.417 e. The number of pyridine rings is 1. The van der Waals surface area contributed by atoms with Crippen LogP contribution in [0.3, 0.4) is 0 Å². The van der Waals surface area contributed by atoms with E-state index in [1.807, 2.05) is 11.8 Å². The van der Waals surface area contributed by atoms with Gasteiger partial charge in [0.25, 0.3) is 0 Å². The largest absolute Gasteiger partial charge is 0.417 e. The van der Waals surface area contributed by atoms with Gasteiger partial charge in [-0.15, -0.1) is 0 Å². The van der Waals surface area contributed by atoms with Crippen molar-refractivity contribution in [3.05, 3.63) is 22.8 Å². The summed E-state index contributed by atoms with van der Waals surface area (Å²) in [6.45, 7) is 4.46. The van der Waals surface area contributed by atoms with E-state index in [-0.39, 0.29) is 11.1 Å². The Morgan fingerprint density at radius 3 is 2.75 bits per heavy atom. The zero-order valence-corrected chi connectivity index (χ0v) is 11.9. The van der Waals surface area contributed by atoms with Crippen LogP contribution >= 0.6 is 11.6 Å². The monoisotopic (exact) mass is 307 g/mol. The standard InChI is InChI=1S/C13H17ClF3N3/c1-2-5-20(10-3-4-18-8-10)12-11(14)6-9(7-19-12)13(15,16)17/h6-7,10,18H,2-5,8H2,1H3. The number of nitrogens with zero attached hydrogens (tertiary/aromatic N) is 2. The van der Waals surface area contributed by atoms with Crippen LogP contribution in [0.1, 0.15) is 25.3 Å². The zero-order chi connectivity index (χ0) is 14.8.